The van der Waals surface area contributed by atoms with Gasteiger partial charge in [-0.15, -0.1) is 0 Å². The maximum Gasteiger partial charge on any atom is 0.301 e. The van der Waals surface area contributed by atoms with Crippen LogP contribution in [-0.4, -0.2) is 24.2 Å². The van der Waals surface area contributed by atoms with Crippen LogP contribution in [0.25, 0.3) is 0 Å². The van der Waals surface area contributed by atoms with Crippen LogP contribution in [-0.2, 0) is 25.5 Å². The van der Waals surface area contributed by atoms with Crippen LogP contribution >= 0.6 is 0 Å². The van der Waals surface area contributed by atoms with Gasteiger partial charge in [-0.05, 0) is 36.7 Å². The van der Waals surface area contributed by atoms with Crippen molar-refractivity contribution in [2.45, 2.75) is 30.1 Å². The van der Waals surface area contributed by atoms with Crippen LogP contribution in [0.1, 0.15) is 18.4 Å². The molecule has 0 N–H and O–H groups in total. The summed E-state index contributed by atoms with van der Waals surface area (Å²) in [4.78, 5) is 0.118. The van der Waals surface area contributed by atoms with Crippen molar-refractivity contribution < 1.29 is 17.2 Å². The molecule has 1 aromatic rings. The topological polar surface area (TPSA) is 66.4 Å². The smallest absolute Gasteiger partial charge is 0.301 e. The number of hydrogen-bond donors (Lipinski definition) is 0. The molecule has 0 aromatic heterocycles. The van der Waals surface area contributed by atoms with Gasteiger partial charge in [0.1, 0.15) is 5.75 Å². The zero-order valence-corrected chi connectivity index (χ0v) is 11.1. The largest absolute Gasteiger partial charge is 0.614 e. The van der Waals surface area contributed by atoms with Gasteiger partial charge in [-0.2, -0.15) is 8.42 Å². The molecule has 6 heteroatoms. The quantitative estimate of drug-likeness (QED) is 0.620. The van der Waals surface area contributed by atoms with E-state index in [-0.39, 0.29) is 4.90 Å². The van der Waals surface area contributed by atoms with Gasteiger partial charge in [0.05, 0.1) is 4.90 Å². The molecule has 0 amide bonds. The first kappa shape index (κ1) is 12.9. The maximum absolute atomic E-state index is 11.9. The molecule has 94 valence electrons. The first-order valence-corrected chi connectivity index (χ1v) is 8.15. The second-order valence-electron chi connectivity index (χ2n) is 4.02. The predicted molar refractivity (Wildman–Crippen MR) is 65.5 cm³/mol. The number of aryl methyl sites for hydroxylation is 1. The molecule has 2 rings (SSSR count). The van der Waals surface area contributed by atoms with Gasteiger partial charge in [0, 0.05) is 6.42 Å². The highest BCUT2D eigenvalue weighted by molar-refractivity contribution is 7.93. The minimum Gasteiger partial charge on any atom is -0.614 e. The lowest BCUT2D eigenvalue weighted by Crippen LogP contribution is -2.23. The lowest BCUT2D eigenvalue weighted by atomic mass is 10.2. The minimum absolute atomic E-state index is 0.118. The average Bonchev–Trinajstić information content (AvgIpc) is 2.64. The van der Waals surface area contributed by atoms with Crippen LogP contribution in [0.3, 0.4) is 0 Å². The molecule has 2 atom stereocenters. The average molecular weight is 274 g/mol. The van der Waals surface area contributed by atoms with Crippen LogP contribution < -0.4 is 0 Å². The molecule has 1 aliphatic heterocycles. The van der Waals surface area contributed by atoms with Crippen LogP contribution in [0.4, 0.5) is 0 Å². The Balaban J connectivity index is 2.16. The van der Waals surface area contributed by atoms with E-state index in [2.05, 4.69) is 0 Å². The molecule has 0 spiro atoms. The first-order chi connectivity index (χ1) is 7.99. The Bertz CT molecular complexity index is 481. The van der Waals surface area contributed by atoms with Crippen molar-refractivity contribution >= 4 is 21.3 Å². The maximum atomic E-state index is 11.9. The standard InChI is InChI=1S/C11H14O4S2/c1-9-4-6-10(7-5-9)17(13,14)15-11-3-2-8-16(11)12/h4-7,11H,2-3,8H2,1H3. The summed E-state index contributed by atoms with van der Waals surface area (Å²) in [6, 6.07) is 6.43. The van der Waals surface area contributed by atoms with Crippen LogP contribution in [0, 0.1) is 6.92 Å². The van der Waals surface area contributed by atoms with Crippen molar-refractivity contribution in [3.05, 3.63) is 29.8 Å². The summed E-state index contributed by atoms with van der Waals surface area (Å²) in [5.74, 6) is 0.522. The summed E-state index contributed by atoms with van der Waals surface area (Å²) >= 11 is -1.19. The van der Waals surface area contributed by atoms with Crippen molar-refractivity contribution in [1.29, 1.82) is 0 Å². The molecule has 1 saturated heterocycles. The Morgan fingerprint density at radius 2 is 2.00 bits per heavy atom. The van der Waals surface area contributed by atoms with E-state index >= 15 is 0 Å². The van der Waals surface area contributed by atoms with E-state index < -0.39 is 26.7 Å². The van der Waals surface area contributed by atoms with Crippen LogP contribution in [0.2, 0.25) is 0 Å². The molecule has 2 unspecified atom stereocenters. The third kappa shape index (κ3) is 3.01. The summed E-state index contributed by atoms with van der Waals surface area (Å²) in [7, 11) is -3.79. The SMILES string of the molecule is Cc1ccc(S(=O)(=O)OC2CCC[S+]2[O-])cc1. The lowest BCUT2D eigenvalue weighted by molar-refractivity contribution is 0.277. The summed E-state index contributed by atoms with van der Waals surface area (Å²) < 4.78 is 40.2. The number of rotatable bonds is 3. The normalized spacial score (nSPS) is 25.1. The van der Waals surface area contributed by atoms with E-state index in [1.54, 1.807) is 12.1 Å². The van der Waals surface area contributed by atoms with Crippen LogP contribution in [0.15, 0.2) is 29.2 Å². The fraction of sp³-hybridized carbons (Fsp3) is 0.455. The first-order valence-electron chi connectivity index (χ1n) is 5.36. The molecule has 4 nitrogen and oxygen atoms in total. The minimum atomic E-state index is -3.79. The Morgan fingerprint density at radius 3 is 2.53 bits per heavy atom. The van der Waals surface area contributed by atoms with E-state index in [9.17, 15) is 13.0 Å². The molecule has 0 radical (unpaired) electrons. The Kier molecular flexibility index (Phi) is 3.77. The zero-order valence-electron chi connectivity index (χ0n) is 9.46. The molecule has 1 aromatic carbocycles. The van der Waals surface area contributed by atoms with Gasteiger partial charge in [-0.3, -0.25) is 0 Å². The van der Waals surface area contributed by atoms with Gasteiger partial charge in [0.25, 0.3) is 0 Å². The number of hydrogen-bond acceptors (Lipinski definition) is 4. The van der Waals surface area contributed by atoms with Gasteiger partial charge in [-0.25, -0.2) is 4.18 Å². The Labute approximate surface area is 104 Å². The van der Waals surface area contributed by atoms with Crippen molar-refractivity contribution in [1.82, 2.24) is 0 Å². The van der Waals surface area contributed by atoms with E-state index in [0.29, 0.717) is 12.2 Å². The van der Waals surface area contributed by atoms with E-state index in [1.807, 2.05) is 6.92 Å². The highest BCUT2D eigenvalue weighted by Gasteiger charge is 2.34. The molecule has 0 bridgehead atoms. The van der Waals surface area contributed by atoms with Gasteiger partial charge in [0.15, 0.2) is 0 Å². The van der Waals surface area contributed by atoms with E-state index in [0.717, 1.165) is 12.0 Å². The Morgan fingerprint density at radius 1 is 1.35 bits per heavy atom. The molecule has 17 heavy (non-hydrogen) atoms. The summed E-state index contributed by atoms with van der Waals surface area (Å²) in [6.07, 6.45) is 1.29. The van der Waals surface area contributed by atoms with Gasteiger partial charge in [0.2, 0.25) is 5.44 Å². The monoisotopic (exact) mass is 274 g/mol. The van der Waals surface area contributed by atoms with E-state index in [1.165, 1.54) is 12.1 Å². The third-order valence-electron chi connectivity index (χ3n) is 2.62. The molecular formula is C11H14O4S2. The molecule has 1 fully saturated rings. The molecular weight excluding hydrogens is 260 g/mol. The van der Waals surface area contributed by atoms with Gasteiger partial charge in [-0.1, -0.05) is 17.7 Å². The fourth-order valence-electron chi connectivity index (χ4n) is 1.65. The summed E-state index contributed by atoms with van der Waals surface area (Å²) in [5, 5.41) is 0. The molecule has 0 saturated carbocycles. The Hall–Kier alpha value is -0.560. The highest BCUT2D eigenvalue weighted by Crippen LogP contribution is 2.25. The van der Waals surface area contributed by atoms with Gasteiger partial charge < -0.3 is 4.55 Å². The highest BCUT2D eigenvalue weighted by atomic mass is 32.2. The lowest BCUT2D eigenvalue weighted by Gasteiger charge is -2.14. The number of benzene rings is 1. The third-order valence-corrected chi connectivity index (χ3v) is 5.69. The fourth-order valence-corrected chi connectivity index (χ4v) is 4.41. The summed E-state index contributed by atoms with van der Waals surface area (Å²) in [6.45, 7) is 1.88. The van der Waals surface area contributed by atoms with Crippen LogP contribution in [0.5, 0.6) is 0 Å². The molecule has 0 aliphatic carbocycles. The van der Waals surface area contributed by atoms with E-state index in [4.69, 9.17) is 4.18 Å². The van der Waals surface area contributed by atoms with Crippen molar-refractivity contribution in [2.75, 3.05) is 5.75 Å². The predicted octanol–water partition coefficient (Wildman–Crippen LogP) is 1.57. The molecule has 1 aliphatic rings. The zero-order chi connectivity index (χ0) is 12.5. The molecule has 1 heterocycles. The van der Waals surface area contributed by atoms with Crippen molar-refractivity contribution in [3.63, 3.8) is 0 Å². The van der Waals surface area contributed by atoms with Crippen molar-refractivity contribution in [2.24, 2.45) is 0 Å². The second-order valence-corrected chi connectivity index (χ2v) is 7.29. The second kappa shape index (κ2) is 4.97. The summed E-state index contributed by atoms with van der Waals surface area (Å²) in [5.41, 5.74) is 0.301. The van der Waals surface area contributed by atoms with Gasteiger partial charge >= 0.3 is 10.1 Å². The van der Waals surface area contributed by atoms with Crippen molar-refractivity contribution in [3.8, 4) is 0 Å².